The zero-order valence-corrected chi connectivity index (χ0v) is 12.0. The van der Waals surface area contributed by atoms with Crippen molar-refractivity contribution in [3.63, 3.8) is 0 Å². The van der Waals surface area contributed by atoms with Crippen molar-refractivity contribution in [3.8, 4) is 24.2 Å². The lowest BCUT2D eigenvalue weighted by molar-refractivity contribution is -0.144. The molecule has 0 aliphatic carbocycles. The van der Waals surface area contributed by atoms with E-state index in [1.54, 1.807) is 6.92 Å². The van der Waals surface area contributed by atoms with Crippen LogP contribution in [0.2, 0.25) is 0 Å². The molecule has 1 aliphatic rings. The Balaban J connectivity index is 2.55. The Morgan fingerprint density at radius 1 is 1.37 bits per heavy atom. The monoisotopic (exact) mass is 262 g/mol. The number of ether oxygens (including phenoxy) is 1. The largest absolute Gasteiger partial charge is 0.372 e. The molecule has 1 rings (SSSR count). The van der Waals surface area contributed by atoms with Gasteiger partial charge < -0.3 is 9.64 Å². The first-order chi connectivity index (χ1) is 9.06. The van der Waals surface area contributed by atoms with E-state index in [1.807, 2.05) is 23.6 Å². The molecule has 0 aromatic heterocycles. The van der Waals surface area contributed by atoms with Gasteiger partial charge in [-0.25, -0.2) is 0 Å². The van der Waals surface area contributed by atoms with E-state index in [0.29, 0.717) is 32.7 Å². The minimum atomic E-state index is 0.0872. The van der Waals surface area contributed by atoms with Gasteiger partial charge in [-0.3, -0.25) is 9.69 Å². The van der Waals surface area contributed by atoms with Crippen LogP contribution >= 0.6 is 0 Å². The summed E-state index contributed by atoms with van der Waals surface area (Å²) in [6, 6.07) is 0. The smallest absolute Gasteiger partial charge is 0.236 e. The van der Waals surface area contributed by atoms with E-state index in [9.17, 15) is 4.79 Å². The summed E-state index contributed by atoms with van der Waals surface area (Å²) >= 11 is 0. The van der Waals surface area contributed by atoms with Gasteiger partial charge in [-0.1, -0.05) is 11.8 Å². The standard InChI is InChI=1S/C15H22N2O2/c1-5-7-9-16(8-6-2)12-15(18)17-10-13(3)19-14(4)11-17/h2,13-14H,8-12H2,1,3-4H3/t13-,14-/m1/s1. The Morgan fingerprint density at radius 3 is 2.53 bits per heavy atom. The molecule has 0 unspecified atom stereocenters. The highest BCUT2D eigenvalue weighted by atomic mass is 16.5. The molecular formula is C15H22N2O2. The number of amides is 1. The first-order valence-corrected chi connectivity index (χ1v) is 6.55. The summed E-state index contributed by atoms with van der Waals surface area (Å²) in [7, 11) is 0. The zero-order valence-electron chi connectivity index (χ0n) is 12.0. The number of carbonyl (C=O) groups excluding carboxylic acids is 1. The number of rotatable bonds is 4. The minimum Gasteiger partial charge on any atom is -0.372 e. The molecule has 1 saturated heterocycles. The van der Waals surface area contributed by atoms with E-state index < -0.39 is 0 Å². The van der Waals surface area contributed by atoms with Crippen LogP contribution < -0.4 is 0 Å². The van der Waals surface area contributed by atoms with Crippen molar-refractivity contribution in [3.05, 3.63) is 0 Å². The molecule has 4 heteroatoms. The Labute approximate surface area is 116 Å². The molecule has 19 heavy (non-hydrogen) atoms. The maximum absolute atomic E-state index is 12.2. The maximum atomic E-state index is 12.2. The van der Waals surface area contributed by atoms with Crippen molar-refractivity contribution in [2.24, 2.45) is 0 Å². The molecule has 0 aromatic rings. The third-order valence-corrected chi connectivity index (χ3v) is 2.93. The van der Waals surface area contributed by atoms with Crippen molar-refractivity contribution in [2.75, 3.05) is 32.7 Å². The number of morpholine rings is 1. The molecule has 0 spiro atoms. The molecule has 1 amide bonds. The molecule has 0 bridgehead atoms. The molecule has 0 radical (unpaired) electrons. The second-order valence-corrected chi connectivity index (χ2v) is 4.83. The summed E-state index contributed by atoms with van der Waals surface area (Å²) < 4.78 is 5.62. The number of terminal acetylenes is 1. The minimum absolute atomic E-state index is 0.0872. The van der Waals surface area contributed by atoms with Crippen LogP contribution in [0.1, 0.15) is 20.8 Å². The predicted octanol–water partition coefficient (Wildman–Crippen LogP) is 0.581. The van der Waals surface area contributed by atoms with Crippen molar-refractivity contribution >= 4 is 5.91 Å². The summed E-state index contributed by atoms with van der Waals surface area (Å²) in [6.45, 7) is 8.33. The maximum Gasteiger partial charge on any atom is 0.236 e. The van der Waals surface area contributed by atoms with Crippen LogP contribution in [-0.2, 0) is 9.53 Å². The first-order valence-electron chi connectivity index (χ1n) is 6.55. The lowest BCUT2D eigenvalue weighted by Gasteiger charge is -2.36. The number of hydrogen-bond donors (Lipinski definition) is 0. The molecular weight excluding hydrogens is 240 g/mol. The van der Waals surface area contributed by atoms with Gasteiger partial charge in [-0.2, -0.15) is 0 Å². The topological polar surface area (TPSA) is 32.8 Å². The van der Waals surface area contributed by atoms with E-state index in [1.165, 1.54) is 0 Å². The molecule has 0 N–H and O–H groups in total. The van der Waals surface area contributed by atoms with Gasteiger partial charge in [0.1, 0.15) is 0 Å². The third kappa shape index (κ3) is 5.34. The number of nitrogens with zero attached hydrogens (tertiary/aromatic N) is 2. The Kier molecular flexibility index (Phi) is 6.42. The van der Waals surface area contributed by atoms with E-state index in [4.69, 9.17) is 11.2 Å². The van der Waals surface area contributed by atoms with Crippen molar-refractivity contribution in [1.82, 2.24) is 9.80 Å². The molecule has 1 heterocycles. The van der Waals surface area contributed by atoms with Crippen LogP contribution in [0.15, 0.2) is 0 Å². The van der Waals surface area contributed by atoms with E-state index in [2.05, 4.69) is 17.8 Å². The average Bonchev–Trinajstić information content (AvgIpc) is 2.35. The van der Waals surface area contributed by atoms with Crippen molar-refractivity contribution in [1.29, 1.82) is 0 Å². The summed E-state index contributed by atoms with van der Waals surface area (Å²) in [6.07, 6.45) is 5.49. The fourth-order valence-electron chi connectivity index (χ4n) is 2.16. The summed E-state index contributed by atoms with van der Waals surface area (Å²) in [5.41, 5.74) is 0. The highest BCUT2D eigenvalue weighted by Crippen LogP contribution is 2.11. The van der Waals surface area contributed by atoms with Gasteiger partial charge in [-0.15, -0.1) is 12.3 Å². The Morgan fingerprint density at radius 2 is 2.00 bits per heavy atom. The second-order valence-electron chi connectivity index (χ2n) is 4.83. The lowest BCUT2D eigenvalue weighted by atomic mass is 10.2. The summed E-state index contributed by atoms with van der Waals surface area (Å²) in [4.78, 5) is 16.0. The first kappa shape index (κ1) is 15.6. The van der Waals surface area contributed by atoms with Gasteiger partial charge in [0.25, 0.3) is 0 Å². The fraction of sp³-hybridized carbons (Fsp3) is 0.667. The van der Waals surface area contributed by atoms with Crippen LogP contribution in [0.4, 0.5) is 0 Å². The quantitative estimate of drug-likeness (QED) is 0.695. The van der Waals surface area contributed by atoms with Gasteiger partial charge in [0.15, 0.2) is 0 Å². The second kappa shape index (κ2) is 7.84. The molecule has 0 saturated carbocycles. The van der Waals surface area contributed by atoms with Crippen LogP contribution in [0.25, 0.3) is 0 Å². The van der Waals surface area contributed by atoms with E-state index in [0.717, 1.165) is 0 Å². The molecule has 4 nitrogen and oxygen atoms in total. The van der Waals surface area contributed by atoms with Gasteiger partial charge in [0.2, 0.25) is 5.91 Å². The molecule has 1 fully saturated rings. The molecule has 104 valence electrons. The lowest BCUT2D eigenvalue weighted by Crippen LogP contribution is -2.51. The van der Waals surface area contributed by atoms with Crippen LogP contribution in [0.5, 0.6) is 0 Å². The zero-order chi connectivity index (χ0) is 14.3. The number of carbonyl (C=O) groups is 1. The molecule has 2 atom stereocenters. The van der Waals surface area contributed by atoms with Gasteiger partial charge >= 0.3 is 0 Å². The Hall–Kier alpha value is -1.49. The number of hydrogen-bond acceptors (Lipinski definition) is 3. The van der Waals surface area contributed by atoms with Gasteiger partial charge in [-0.05, 0) is 20.8 Å². The highest BCUT2D eigenvalue weighted by molar-refractivity contribution is 5.78. The summed E-state index contributed by atoms with van der Waals surface area (Å²) in [5.74, 6) is 8.42. The van der Waals surface area contributed by atoms with Crippen LogP contribution in [0.3, 0.4) is 0 Å². The highest BCUT2D eigenvalue weighted by Gasteiger charge is 2.26. The average molecular weight is 262 g/mol. The third-order valence-electron chi connectivity index (χ3n) is 2.93. The normalized spacial score (nSPS) is 22.6. The predicted molar refractivity (Wildman–Crippen MR) is 75.3 cm³/mol. The van der Waals surface area contributed by atoms with Crippen LogP contribution in [0, 0.1) is 24.2 Å². The Bertz CT molecular complexity index is 393. The van der Waals surface area contributed by atoms with Crippen LogP contribution in [-0.4, -0.2) is 60.6 Å². The van der Waals surface area contributed by atoms with Crippen molar-refractivity contribution < 1.29 is 9.53 Å². The van der Waals surface area contributed by atoms with E-state index >= 15 is 0 Å². The molecule has 1 aliphatic heterocycles. The summed E-state index contributed by atoms with van der Waals surface area (Å²) in [5, 5.41) is 0. The van der Waals surface area contributed by atoms with Crippen molar-refractivity contribution in [2.45, 2.75) is 33.0 Å². The van der Waals surface area contributed by atoms with Gasteiger partial charge in [0, 0.05) is 13.1 Å². The van der Waals surface area contributed by atoms with Gasteiger partial charge in [0.05, 0.1) is 31.8 Å². The fourth-order valence-corrected chi connectivity index (χ4v) is 2.16. The van der Waals surface area contributed by atoms with E-state index in [-0.39, 0.29) is 18.1 Å². The molecule has 0 aromatic carbocycles. The SMILES string of the molecule is C#CCN(CC#CC)CC(=O)N1C[C@@H](C)O[C@H](C)C1.